The van der Waals surface area contributed by atoms with Crippen LogP contribution in [0.3, 0.4) is 0 Å². The number of ether oxygens (including phenoxy) is 1. The predicted molar refractivity (Wildman–Crippen MR) is 140 cm³/mol. The highest BCUT2D eigenvalue weighted by atomic mass is 16.7. The van der Waals surface area contributed by atoms with Crippen molar-refractivity contribution in [3.05, 3.63) is 35.9 Å². The number of hydrogen-bond acceptors (Lipinski definition) is 7. The van der Waals surface area contributed by atoms with Crippen LogP contribution in [-0.2, 0) is 14.4 Å². The van der Waals surface area contributed by atoms with Gasteiger partial charge in [0.2, 0.25) is 5.91 Å². The van der Waals surface area contributed by atoms with Crippen LogP contribution in [0.1, 0.15) is 56.8 Å². The highest BCUT2D eigenvalue weighted by Gasteiger charge is 2.33. The molecule has 2 amide bonds. The summed E-state index contributed by atoms with van der Waals surface area (Å²) in [6.45, 7) is 12.6. The van der Waals surface area contributed by atoms with E-state index in [2.05, 4.69) is 4.90 Å². The van der Waals surface area contributed by atoms with E-state index in [1.807, 2.05) is 43.9 Å². The van der Waals surface area contributed by atoms with Crippen LogP contribution in [0.5, 0.6) is 0 Å². The van der Waals surface area contributed by atoms with Crippen LogP contribution in [0.15, 0.2) is 30.3 Å². The Hall–Kier alpha value is -2.65. The Bertz CT molecular complexity index is 910. The van der Waals surface area contributed by atoms with E-state index in [1.54, 1.807) is 22.1 Å². The maximum absolute atomic E-state index is 13.1. The number of piperidine rings is 2. The first kappa shape index (κ1) is 27.4. The van der Waals surface area contributed by atoms with Gasteiger partial charge in [0.05, 0.1) is 5.56 Å². The molecule has 3 saturated heterocycles. The molecule has 9 heteroatoms. The third kappa shape index (κ3) is 7.92. The minimum atomic E-state index is -0.466. The molecule has 0 unspecified atom stereocenters. The van der Waals surface area contributed by atoms with Gasteiger partial charge in [-0.1, -0.05) is 18.2 Å². The summed E-state index contributed by atoms with van der Waals surface area (Å²) in [6.07, 6.45) is 3.24. The molecule has 1 aromatic carbocycles. The van der Waals surface area contributed by atoms with Gasteiger partial charge in [-0.25, -0.2) is 9.59 Å². The van der Waals surface area contributed by atoms with E-state index in [0.717, 1.165) is 45.6 Å². The number of hydroxylamine groups is 2. The second-order valence-electron chi connectivity index (χ2n) is 11.5. The number of nitrogens with zero attached hydrogens (tertiary/aromatic N) is 4. The van der Waals surface area contributed by atoms with Crippen molar-refractivity contribution in [2.75, 3.05) is 58.9 Å². The molecule has 3 aliphatic heterocycles. The van der Waals surface area contributed by atoms with Gasteiger partial charge in [0.15, 0.2) is 0 Å². The average Bonchev–Trinajstić information content (AvgIpc) is 2.89. The molecule has 0 saturated carbocycles. The number of amides is 2. The van der Waals surface area contributed by atoms with E-state index in [1.165, 1.54) is 0 Å². The molecule has 1 aromatic rings. The summed E-state index contributed by atoms with van der Waals surface area (Å²) in [5.41, 5.74) is 0.0692. The largest absolute Gasteiger partial charge is 0.444 e. The Labute approximate surface area is 220 Å². The Morgan fingerprint density at radius 2 is 1.43 bits per heavy atom. The minimum absolute atomic E-state index is 0.00385. The third-order valence-corrected chi connectivity index (χ3v) is 7.49. The smallest absolute Gasteiger partial charge is 0.410 e. The van der Waals surface area contributed by atoms with Crippen molar-refractivity contribution in [2.24, 2.45) is 11.8 Å². The van der Waals surface area contributed by atoms with Gasteiger partial charge in [-0.3, -0.25) is 9.69 Å². The van der Waals surface area contributed by atoms with Gasteiger partial charge in [-0.15, -0.1) is 5.06 Å². The van der Waals surface area contributed by atoms with Crippen molar-refractivity contribution in [3.8, 4) is 0 Å². The summed E-state index contributed by atoms with van der Waals surface area (Å²) in [7, 11) is 0. The van der Waals surface area contributed by atoms with Crippen molar-refractivity contribution in [3.63, 3.8) is 0 Å². The van der Waals surface area contributed by atoms with E-state index >= 15 is 0 Å². The molecule has 0 aliphatic carbocycles. The van der Waals surface area contributed by atoms with Gasteiger partial charge < -0.3 is 19.4 Å². The standard InChI is InChI=1S/C28H42N4O5/c1-28(2,3)36-27(35)31-19-17-29(18-20-31)21-22-9-13-30(14-10-22)25(33)23-11-15-32(16-12-23)37-26(34)24-7-5-4-6-8-24/h4-8,22-23H,9-21H2,1-3H3. The van der Waals surface area contributed by atoms with Crippen LogP contribution in [-0.4, -0.2) is 102 Å². The summed E-state index contributed by atoms with van der Waals surface area (Å²) >= 11 is 0. The van der Waals surface area contributed by atoms with Crippen molar-refractivity contribution < 1.29 is 24.0 Å². The summed E-state index contributed by atoms with van der Waals surface area (Å²) in [4.78, 5) is 49.5. The molecular weight excluding hydrogens is 472 g/mol. The van der Waals surface area contributed by atoms with Crippen LogP contribution in [0.4, 0.5) is 4.79 Å². The monoisotopic (exact) mass is 514 g/mol. The zero-order chi connectivity index (χ0) is 26.4. The topological polar surface area (TPSA) is 82.6 Å². The van der Waals surface area contributed by atoms with E-state index in [-0.39, 0.29) is 23.9 Å². The molecule has 9 nitrogen and oxygen atoms in total. The van der Waals surface area contributed by atoms with Gasteiger partial charge >= 0.3 is 12.1 Å². The average molecular weight is 515 g/mol. The number of hydrogen-bond donors (Lipinski definition) is 0. The second-order valence-corrected chi connectivity index (χ2v) is 11.5. The van der Waals surface area contributed by atoms with E-state index in [4.69, 9.17) is 9.57 Å². The number of piperazine rings is 1. The highest BCUT2D eigenvalue weighted by Crippen LogP contribution is 2.25. The number of carbonyl (C=O) groups excluding carboxylic acids is 3. The zero-order valence-corrected chi connectivity index (χ0v) is 22.6. The van der Waals surface area contributed by atoms with Crippen molar-refractivity contribution in [1.82, 2.24) is 19.8 Å². The van der Waals surface area contributed by atoms with Gasteiger partial charge in [-0.05, 0) is 64.5 Å². The van der Waals surface area contributed by atoms with Gasteiger partial charge in [-0.2, -0.15) is 0 Å². The van der Waals surface area contributed by atoms with Crippen LogP contribution >= 0.6 is 0 Å². The molecule has 0 radical (unpaired) electrons. The lowest BCUT2D eigenvalue weighted by Gasteiger charge is -2.40. The molecule has 0 N–H and O–H groups in total. The maximum Gasteiger partial charge on any atom is 0.410 e. The normalized spacial score (nSPS) is 21.1. The van der Waals surface area contributed by atoms with E-state index < -0.39 is 5.60 Å². The minimum Gasteiger partial charge on any atom is -0.444 e. The fourth-order valence-corrected chi connectivity index (χ4v) is 5.34. The second kappa shape index (κ2) is 12.3. The fraction of sp³-hybridized carbons (Fsp3) is 0.679. The quantitative estimate of drug-likeness (QED) is 0.597. The number of carbonyl (C=O) groups is 3. The summed E-state index contributed by atoms with van der Waals surface area (Å²) < 4.78 is 5.49. The Morgan fingerprint density at radius 1 is 0.811 bits per heavy atom. The lowest BCUT2D eigenvalue weighted by molar-refractivity contribution is -0.148. The highest BCUT2D eigenvalue weighted by molar-refractivity contribution is 5.89. The SMILES string of the molecule is CC(C)(C)OC(=O)N1CCN(CC2CCN(C(=O)C3CCN(OC(=O)c4ccccc4)CC3)CC2)CC1. The van der Waals surface area contributed by atoms with Gasteiger partial charge in [0.1, 0.15) is 5.60 Å². The Kier molecular flexibility index (Phi) is 9.08. The van der Waals surface area contributed by atoms with E-state index in [9.17, 15) is 14.4 Å². The molecule has 3 heterocycles. The molecule has 0 spiro atoms. The molecule has 4 rings (SSSR count). The van der Waals surface area contributed by atoms with Gasteiger partial charge in [0.25, 0.3) is 0 Å². The summed E-state index contributed by atoms with van der Waals surface area (Å²) in [5, 5.41) is 1.69. The van der Waals surface area contributed by atoms with Crippen LogP contribution in [0.25, 0.3) is 0 Å². The Balaban J connectivity index is 1.13. The Morgan fingerprint density at radius 3 is 2.03 bits per heavy atom. The molecule has 0 bridgehead atoms. The number of benzene rings is 1. The molecule has 204 valence electrons. The lowest BCUT2D eigenvalue weighted by Crippen LogP contribution is -2.52. The van der Waals surface area contributed by atoms with Crippen molar-refractivity contribution >= 4 is 18.0 Å². The summed E-state index contributed by atoms with van der Waals surface area (Å²) in [5.74, 6) is 0.484. The molecule has 3 aliphatic rings. The van der Waals surface area contributed by atoms with Crippen molar-refractivity contribution in [2.45, 2.75) is 52.1 Å². The maximum atomic E-state index is 13.1. The molecule has 0 aromatic heterocycles. The van der Waals surface area contributed by atoms with Crippen molar-refractivity contribution in [1.29, 1.82) is 0 Å². The first-order valence-corrected chi connectivity index (χ1v) is 13.7. The first-order valence-electron chi connectivity index (χ1n) is 13.7. The molecular formula is C28H42N4O5. The van der Waals surface area contributed by atoms with Crippen LogP contribution in [0.2, 0.25) is 0 Å². The molecule has 0 atom stereocenters. The fourth-order valence-electron chi connectivity index (χ4n) is 5.34. The lowest BCUT2D eigenvalue weighted by atomic mass is 9.92. The zero-order valence-electron chi connectivity index (χ0n) is 22.6. The first-order chi connectivity index (χ1) is 17.7. The number of likely N-dealkylation sites (tertiary alicyclic amines) is 1. The predicted octanol–water partition coefficient (Wildman–Crippen LogP) is 3.26. The number of rotatable bonds is 5. The molecule has 37 heavy (non-hydrogen) atoms. The third-order valence-electron chi connectivity index (χ3n) is 7.49. The van der Waals surface area contributed by atoms with Gasteiger partial charge in [0, 0.05) is 64.8 Å². The van der Waals surface area contributed by atoms with Crippen LogP contribution in [0, 0.1) is 11.8 Å². The van der Waals surface area contributed by atoms with E-state index in [0.29, 0.717) is 50.5 Å². The van der Waals surface area contributed by atoms with Crippen LogP contribution < -0.4 is 0 Å². The molecule has 3 fully saturated rings. The summed E-state index contributed by atoms with van der Waals surface area (Å²) in [6, 6.07) is 8.99.